The average Bonchev–Trinajstić information content (AvgIpc) is 2.79. The molecule has 1 aromatic carbocycles. The lowest BCUT2D eigenvalue weighted by atomic mass is 10.1. The van der Waals surface area contributed by atoms with Gasteiger partial charge in [-0.15, -0.1) is 0 Å². The quantitative estimate of drug-likeness (QED) is 0.618. The fourth-order valence-corrected chi connectivity index (χ4v) is 2.85. The lowest BCUT2D eigenvalue weighted by Crippen LogP contribution is -2.33. The predicted molar refractivity (Wildman–Crippen MR) is 95.2 cm³/mol. The van der Waals surface area contributed by atoms with E-state index in [0.717, 1.165) is 0 Å². The van der Waals surface area contributed by atoms with Crippen LogP contribution >= 0.6 is 39.7 Å². The zero-order valence-electron chi connectivity index (χ0n) is 12.9. The lowest BCUT2D eigenvalue weighted by molar-refractivity contribution is -0.149. The Kier molecular flexibility index (Phi) is 5.66. The molecule has 132 valence electrons. The number of halogens is 5. The van der Waals surface area contributed by atoms with Crippen LogP contribution in [0.3, 0.4) is 0 Å². The number of hydrogen-bond donors (Lipinski definition) is 0. The first-order valence-corrected chi connectivity index (χ1v) is 8.23. The van der Waals surface area contributed by atoms with Gasteiger partial charge in [0.15, 0.2) is 5.69 Å². The number of alkyl halides is 3. The maximum Gasteiger partial charge on any atom is 0.435 e. The SMILES string of the molecule is CN(C)C(=S)On1c(-c2ccc(Cl)cc2)c(C#N)c(Br)c1C(F)(F)F. The molecule has 0 fully saturated rings. The van der Waals surface area contributed by atoms with E-state index in [1.54, 1.807) is 6.07 Å². The Bertz CT molecular complexity index is 857. The van der Waals surface area contributed by atoms with Crippen molar-refractivity contribution in [1.82, 2.24) is 9.63 Å². The summed E-state index contributed by atoms with van der Waals surface area (Å²) >= 11 is 13.6. The Morgan fingerprint density at radius 3 is 2.32 bits per heavy atom. The van der Waals surface area contributed by atoms with Crippen molar-refractivity contribution < 1.29 is 18.0 Å². The van der Waals surface area contributed by atoms with Crippen molar-refractivity contribution in [2.24, 2.45) is 0 Å². The summed E-state index contributed by atoms with van der Waals surface area (Å²) in [6.45, 7) is 0. The molecular formula is C15H10BrClF3N3OS. The zero-order chi connectivity index (χ0) is 18.9. The highest BCUT2D eigenvalue weighted by Crippen LogP contribution is 2.42. The summed E-state index contributed by atoms with van der Waals surface area (Å²) in [5.41, 5.74) is -1.16. The molecule has 0 radical (unpaired) electrons. The van der Waals surface area contributed by atoms with Gasteiger partial charge in [-0.2, -0.15) is 23.2 Å². The Morgan fingerprint density at radius 1 is 1.32 bits per heavy atom. The average molecular weight is 453 g/mol. The second-order valence-electron chi connectivity index (χ2n) is 5.05. The van der Waals surface area contributed by atoms with Crippen LogP contribution in [0.1, 0.15) is 11.3 Å². The number of hydrogen-bond acceptors (Lipinski definition) is 3. The van der Waals surface area contributed by atoms with E-state index in [0.29, 0.717) is 15.3 Å². The normalized spacial score (nSPS) is 11.1. The van der Waals surface area contributed by atoms with E-state index < -0.39 is 16.3 Å². The van der Waals surface area contributed by atoms with Gasteiger partial charge in [0, 0.05) is 24.7 Å². The van der Waals surface area contributed by atoms with Gasteiger partial charge in [0.05, 0.1) is 10.0 Å². The van der Waals surface area contributed by atoms with Crippen molar-refractivity contribution in [2.45, 2.75) is 6.18 Å². The Labute approximate surface area is 160 Å². The molecule has 0 bridgehead atoms. The fourth-order valence-electron chi connectivity index (χ4n) is 1.99. The maximum atomic E-state index is 13.6. The molecule has 0 aliphatic carbocycles. The number of thiocarbonyl (C=S) groups is 1. The van der Waals surface area contributed by atoms with E-state index >= 15 is 0 Å². The van der Waals surface area contributed by atoms with Crippen LogP contribution in [-0.4, -0.2) is 28.9 Å². The minimum absolute atomic E-state index is 0.0810. The van der Waals surface area contributed by atoms with E-state index in [4.69, 9.17) is 28.7 Å². The number of rotatable bonds is 2. The van der Waals surface area contributed by atoms with Gasteiger partial charge in [0.1, 0.15) is 11.8 Å². The molecule has 1 aromatic heterocycles. The number of aromatic nitrogens is 1. The highest BCUT2D eigenvalue weighted by molar-refractivity contribution is 9.10. The van der Waals surface area contributed by atoms with E-state index in [-0.39, 0.29) is 16.4 Å². The van der Waals surface area contributed by atoms with Crippen molar-refractivity contribution in [2.75, 3.05) is 14.1 Å². The first-order valence-electron chi connectivity index (χ1n) is 6.65. The minimum Gasteiger partial charge on any atom is -0.344 e. The lowest BCUT2D eigenvalue weighted by Gasteiger charge is -2.19. The van der Waals surface area contributed by atoms with E-state index in [9.17, 15) is 18.4 Å². The third-order valence-corrected chi connectivity index (χ3v) is 4.57. The molecule has 0 saturated heterocycles. The first-order chi connectivity index (χ1) is 11.6. The van der Waals surface area contributed by atoms with E-state index in [1.807, 2.05) is 0 Å². The van der Waals surface area contributed by atoms with Crippen LogP contribution in [0.5, 0.6) is 0 Å². The number of nitriles is 1. The van der Waals surface area contributed by atoms with Gasteiger partial charge in [-0.25, -0.2) is 0 Å². The van der Waals surface area contributed by atoms with Crippen LogP contribution in [-0.2, 0) is 6.18 Å². The maximum absolute atomic E-state index is 13.6. The molecule has 0 N–H and O–H groups in total. The van der Waals surface area contributed by atoms with Gasteiger partial charge < -0.3 is 9.74 Å². The summed E-state index contributed by atoms with van der Waals surface area (Å²) < 4.78 is 40.8. The summed E-state index contributed by atoms with van der Waals surface area (Å²) in [5.74, 6) is 0. The molecule has 0 aliphatic rings. The monoisotopic (exact) mass is 451 g/mol. The largest absolute Gasteiger partial charge is 0.435 e. The molecule has 0 aliphatic heterocycles. The molecule has 25 heavy (non-hydrogen) atoms. The van der Waals surface area contributed by atoms with Gasteiger partial charge in [-0.05, 0) is 40.3 Å². The Morgan fingerprint density at radius 2 is 1.88 bits per heavy atom. The molecule has 0 spiro atoms. The summed E-state index contributed by atoms with van der Waals surface area (Å²) in [6, 6.07) is 7.76. The van der Waals surface area contributed by atoms with Crippen LogP contribution in [0, 0.1) is 11.3 Å². The molecule has 1 heterocycles. The van der Waals surface area contributed by atoms with Gasteiger partial charge in [-0.3, -0.25) is 0 Å². The second-order valence-corrected chi connectivity index (χ2v) is 6.63. The third kappa shape index (κ3) is 3.92. The molecule has 2 rings (SSSR count). The Balaban J connectivity index is 2.82. The predicted octanol–water partition coefficient (Wildman–Crippen LogP) is 4.74. The highest BCUT2D eigenvalue weighted by Gasteiger charge is 2.42. The first kappa shape index (κ1) is 19.6. The van der Waals surface area contributed by atoms with Gasteiger partial charge in [0.2, 0.25) is 0 Å². The van der Waals surface area contributed by atoms with Crippen molar-refractivity contribution in [1.29, 1.82) is 5.26 Å². The third-order valence-electron chi connectivity index (χ3n) is 3.10. The summed E-state index contributed by atoms with van der Waals surface area (Å²) in [4.78, 5) is 6.59. The van der Waals surface area contributed by atoms with Crippen LogP contribution in [0.2, 0.25) is 5.02 Å². The second kappa shape index (κ2) is 7.23. The van der Waals surface area contributed by atoms with Gasteiger partial charge >= 0.3 is 6.18 Å². The fraction of sp³-hybridized carbons (Fsp3) is 0.200. The summed E-state index contributed by atoms with van der Waals surface area (Å²) in [7, 11) is 3.06. The molecule has 4 nitrogen and oxygen atoms in total. The topological polar surface area (TPSA) is 41.2 Å². The zero-order valence-corrected chi connectivity index (χ0v) is 16.0. The smallest absolute Gasteiger partial charge is 0.344 e. The number of benzene rings is 1. The van der Waals surface area contributed by atoms with Crippen molar-refractivity contribution in [3.63, 3.8) is 0 Å². The molecular weight excluding hydrogens is 443 g/mol. The molecule has 0 amide bonds. The summed E-state index contributed by atoms with van der Waals surface area (Å²) in [6.07, 6.45) is -4.78. The molecule has 0 saturated carbocycles. The van der Waals surface area contributed by atoms with E-state index in [2.05, 4.69) is 15.9 Å². The highest BCUT2D eigenvalue weighted by atomic mass is 79.9. The Hall–Kier alpha value is -1.76. The van der Waals surface area contributed by atoms with Crippen molar-refractivity contribution in [3.05, 3.63) is 45.0 Å². The molecule has 0 unspecified atom stereocenters. The van der Waals surface area contributed by atoms with Gasteiger partial charge in [0.25, 0.3) is 5.17 Å². The van der Waals surface area contributed by atoms with Crippen molar-refractivity contribution in [3.8, 4) is 17.3 Å². The molecule has 0 atom stereocenters. The van der Waals surface area contributed by atoms with E-state index in [1.165, 1.54) is 43.3 Å². The summed E-state index contributed by atoms with van der Waals surface area (Å²) in [5, 5.41) is 9.58. The minimum atomic E-state index is -4.78. The van der Waals surface area contributed by atoms with Crippen LogP contribution in [0.25, 0.3) is 11.3 Å². The standard InChI is InChI=1S/C15H10BrClF3N3OS/c1-22(2)14(25)24-23-12(8-3-5-9(17)6-4-8)10(7-21)11(16)13(23)15(18,19)20/h3-6H,1-2H3. The van der Waals surface area contributed by atoms with Crippen LogP contribution < -0.4 is 4.84 Å². The van der Waals surface area contributed by atoms with Crippen molar-refractivity contribution >= 4 is 44.9 Å². The van der Waals surface area contributed by atoms with Crippen LogP contribution in [0.4, 0.5) is 13.2 Å². The number of nitrogens with zero attached hydrogens (tertiary/aromatic N) is 3. The molecule has 10 heteroatoms. The molecule has 2 aromatic rings. The van der Waals surface area contributed by atoms with Gasteiger partial charge in [-0.1, -0.05) is 23.7 Å². The van der Waals surface area contributed by atoms with Crippen LogP contribution in [0.15, 0.2) is 28.7 Å².